The Morgan fingerprint density at radius 3 is 2.58 bits per heavy atom. The second-order valence-electron chi connectivity index (χ2n) is 7.54. The molecule has 2 N–H and O–H groups in total. The van der Waals surface area contributed by atoms with Crippen LogP contribution in [0.25, 0.3) is 0 Å². The summed E-state index contributed by atoms with van der Waals surface area (Å²) in [4.78, 5) is 46.8. The fraction of sp³-hybridized carbons (Fsp3) is 0.409. The number of hydrogen-bond donors (Lipinski definition) is 2. The lowest BCUT2D eigenvalue weighted by Crippen LogP contribution is -2.44. The lowest BCUT2D eigenvalue weighted by molar-refractivity contribution is -0.136. The van der Waals surface area contributed by atoms with Crippen molar-refractivity contribution in [3.05, 3.63) is 58.9 Å². The van der Waals surface area contributed by atoms with E-state index < -0.39 is 0 Å². The number of likely N-dealkylation sites (tertiary alicyclic amines) is 1. The van der Waals surface area contributed by atoms with Crippen molar-refractivity contribution in [2.75, 3.05) is 13.1 Å². The molecular formula is C22H26FN5O3. The number of piperidine rings is 1. The van der Waals surface area contributed by atoms with Crippen LogP contribution in [0.5, 0.6) is 0 Å². The predicted octanol–water partition coefficient (Wildman–Crippen LogP) is 2.04. The lowest BCUT2D eigenvalue weighted by atomic mass is 10.0. The zero-order valence-electron chi connectivity index (χ0n) is 17.7. The van der Waals surface area contributed by atoms with E-state index in [0.29, 0.717) is 23.6 Å². The zero-order chi connectivity index (χ0) is 22.4. The number of hydrogen-bond acceptors (Lipinski definition) is 5. The fourth-order valence-electron chi connectivity index (χ4n) is 3.55. The second-order valence-corrected chi connectivity index (χ2v) is 7.54. The minimum atomic E-state index is -0.331. The summed E-state index contributed by atoms with van der Waals surface area (Å²) in [5.74, 6) is -0.603. The average molecular weight is 427 g/mol. The molecule has 164 valence electrons. The molecule has 1 aromatic carbocycles. The summed E-state index contributed by atoms with van der Waals surface area (Å²) >= 11 is 0. The number of carbonyl (C=O) groups excluding carboxylic acids is 3. The minimum Gasteiger partial charge on any atom is -0.348 e. The van der Waals surface area contributed by atoms with Crippen LogP contribution in [0, 0.1) is 12.7 Å². The molecule has 1 aliphatic rings. The number of aryl methyl sites for hydroxylation is 1. The van der Waals surface area contributed by atoms with Gasteiger partial charge in [0, 0.05) is 26.2 Å². The monoisotopic (exact) mass is 427 g/mol. The van der Waals surface area contributed by atoms with Crippen LogP contribution in [0.15, 0.2) is 30.5 Å². The second kappa shape index (κ2) is 10.1. The van der Waals surface area contributed by atoms with Crippen molar-refractivity contribution >= 4 is 17.7 Å². The van der Waals surface area contributed by atoms with Gasteiger partial charge in [0.25, 0.3) is 5.91 Å². The van der Waals surface area contributed by atoms with Gasteiger partial charge in [-0.3, -0.25) is 14.4 Å². The van der Waals surface area contributed by atoms with Gasteiger partial charge in [-0.2, -0.15) is 0 Å². The third-order valence-electron chi connectivity index (χ3n) is 5.22. The van der Waals surface area contributed by atoms with E-state index in [9.17, 15) is 18.8 Å². The van der Waals surface area contributed by atoms with Gasteiger partial charge in [0.05, 0.1) is 23.8 Å². The smallest absolute Gasteiger partial charge is 0.254 e. The molecule has 0 aliphatic carbocycles. The molecule has 0 spiro atoms. The van der Waals surface area contributed by atoms with Crippen LogP contribution < -0.4 is 10.6 Å². The van der Waals surface area contributed by atoms with E-state index in [1.165, 1.54) is 25.3 Å². The van der Waals surface area contributed by atoms with Crippen molar-refractivity contribution < 1.29 is 18.8 Å². The van der Waals surface area contributed by atoms with Gasteiger partial charge in [-0.1, -0.05) is 12.1 Å². The Kier molecular flexibility index (Phi) is 7.28. The van der Waals surface area contributed by atoms with Crippen molar-refractivity contribution in [3.8, 4) is 0 Å². The number of amides is 3. The molecule has 9 heteroatoms. The molecule has 0 unspecified atom stereocenters. The predicted molar refractivity (Wildman–Crippen MR) is 111 cm³/mol. The van der Waals surface area contributed by atoms with Crippen LogP contribution in [0.4, 0.5) is 4.39 Å². The molecule has 1 saturated heterocycles. The Bertz CT molecular complexity index is 964. The number of aromatic nitrogens is 2. The normalized spacial score (nSPS) is 16.0. The van der Waals surface area contributed by atoms with Crippen molar-refractivity contribution in [2.24, 2.45) is 0 Å². The van der Waals surface area contributed by atoms with Crippen LogP contribution in [-0.4, -0.2) is 45.7 Å². The summed E-state index contributed by atoms with van der Waals surface area (Å²) in [7, 11) is 0. The Hall–Kier alpha value is -3.36. The van der Waals surface area contributed by atoms with E-state index in [1.807, 2.05) is 0 Å². The van der Waals surface area contributed by atoms with E-state index in [2.05, 4.69) is 20.6 Å². The Morgan fingerprint density at radius 1 is 1.16 bits per heavy atom. The SMILES string of the molecule is CC(=O)NCC(=O)N1CCCC[C@H]1c1ncc(C(=O)NCc2ccc(F)cc2)c(C)n1. The number of carbonyl (C=O) groups is 3. The molecule has 2 heterocycles. The molecule has 0 bridgehead atoms. The maximum absolute atomic E-state index is 13.0. The molecule has 0 radical (unpaired) electrons. The summed E-state index contributed by atoms with van der Waals surface area (Å²) in [6.45, 7) is 3.87. The standard InChI is InChI=1S/C22H26FN5O3/c1-14-18(22(31)26-11-16-6-8-17(23)9-7-16)12-25-21(27-14)19-5-3-4-10-28(19)20(30)13-24-15(2)29/h6-9,12,19H,3-5,10-11,13H2,1-2H3,(H,24,29)(H,26,31)/t19-/m0/s1. The zero-order valence-corrected chi connectivity index (χ0v) is 17.7. The summed E-state index contributed by atoms with van der Waals surface area (Å²) < 4.78 is 13.0. The van der Waals surface area contributed by atoms with Gasteiger partial charge in [-0.15, -0.1) is 0 Å². The molecule has 3 rings (SSSR count). The van der Waals surface area contributed by atoms with Crippen molar-refractivity contribution in [1.29, 1.82) is 0 Å². The Morgan fingerprint density at radius 2 is 1.90 bits per heavy atom. The maximum Gasteiger partial charge on any atom is 0.254 e. The van der Waals surface area contributed by atoms with Gasteiger partial charge in [-0.05, 0) is 43.9 Å². The lowest BCUT2D eigenvalue weighted by Gasteiger charge is -2.35. The highest BCUT2D eigenvalue weighted by molar-refractivity contribution is 5.94. The van der Waals surface area contributed by atoms with Gasteiger partial charge in [-0.25, -0.2) is 14.4 Å². The van der Waals surface area contributed by atoms with Crippen molar-refractivity contribution in [1.82, 2.24) is 25.5 Å². The molecule has 1 atom stereocenters. The number of benzene rings is 1. The molecular weight excluding hydrogens is 401 g/mol. The molecule has 0 saturated carbocycles. The Balaban J connectivity index is 1.69. The van der Waals surface area contributed by atoms with E-state index in [-0.39, 0.29) is 42.7 Å². The van der Waals surface area contributed by atoms with E-state index in [0.717, 1.165) is 24.8 Å². The quantitative estimate of drug-likeness (QED) is 0.734. The highest BCUT2D eigenvalue weighted by Gasteiger charge is 2.30. The van der Waals surface area contributed by atoms with Gasteiger partial charge >= 0.3 is 0 Å². The third-order valence-corrected chi connectivity index (χ3v) is 5.22. The molecule has 1 fully saturated rings. The third kappa shape index (κ3) is 5.84. The maximum atomic E-state index is 13.0. The minimum absolute atomic E-state index is 0.0608. The van der Waals surface area contributed by atoms with Gasteiger partial charge in [0.1, 0.15) is 5.82 Å². The van der Waals surface area contributed by atoms with E-state index >= 15 is 0 Å². The molecule has 1 aliphatic heterocycles. The van der Waals surface area contributed by atoms with Crippen LogP contribution in [0.3, 0.4) is 0 Å². The van der Waals surface area contributed by atoms with Crippen LogP contribution in [0.2, 0.25) is 0 Å². The summed E-state index contributed by atoms with van der Waals surface area (Å²) in [5, 5.41) is 5.32. The van der Waals surface area contributed by atoms with Gasteiger partial charge < -0.3 is 15.5 Å². The van der Waals surface area contributed by atoms with Gasteiger partial charge in [0.15, 0.2) is 5.82 Å². The number of halogens is 1. The van der Waals surface area contributed by atoms with Gasteiger partial charge in [0.2, 0.25) is 11.8 Å². The first-order chi connectivity index (χ1) is 14.8. The van der Waals surface area contributed by atoms with E-state index in [1.54, 1.807) is 24.0 Å². The first-order valence-corrected chi connectivity index (χ1v) is 10.2. The highest BCUT2D eigenvalue weighted by Crippen LogP contribution is 2.29. The average Bonchev–Trinajstić information content (AvgIpc) is 2.76. The van der Waals surface area contributed by atoms with Crippen LogP contribution in [0.1, 0.15) is 59.7 Å². The summed E-state index contributed by atoms with van der Waals surface area (Å²) in [6, 6.07) is 5.61. The van der Waals surface area contributed by atoms with Crippen LogP contribution in [-0.2, 0) is 16.1 Å². The van der Waals surface area contributed by atoms with E-state index in [4.69, 9.17) is 0 Å². The fourth-order valence-corrected chi connectivity index (χ4v) is 3.55. The van der Waals surface area contributed by atoms with Crippen molar-refractivity contribution in [2.45, 2.75) is 45.7 Å². The van der Waals surface area contributed by atoms with Crippen LogP contribution >= 0.6 is 0 Å². The summed E-state index contributed by atoms with van der Waals surface area (Å²) in [6.07, 6.45) is 4.02. The first-order valence-electron chi connectivity index (χ1n) is 10.2. The topological polar surface area (TPSA) is 104 Å². The molecule has 2 aromatic rings. The molecule has 3 amide bonds. The van der Waals surface area contributed by atoms with Crippen molar-refractivity contribution in [3.63, 3.8) is 0 Å². The number of rotatable bonds is 6. The summed E-state index contributed by atoms with van der Waals surface area (Å²) in [5.41, 5.74) is 1.64. The number of nitrogens with zero attached hydrogens (tertiary/aromatic N) is 3. The number of nitrogens with one attached hydrogen (secondary N) is 2. The largest absolute Gasteiger partial charge is 0.348 e. The highest BCUT2D eigenvalue weighted by atomic mass is 19.1. The molecule has 8 nitrogen and oxygen atoms in total. The first kappa shape index (κ1) is 22.3. The molecule has 1 aromatic heterocycles. The Labute approximate surface area is 180 Å². The molecule has 31 heavy (non-hydrogen) atoms.